The van der Waals surface area contributed by atoms with Crippen LogP contribution in [0.2, 0.25) is 0 Å². The van der Waals surface area contributed by atoms with Crippen LogP contribution in [0, 0.1) is 5.82 Å². The maximum atomic E-state index is 13.9. The van der Waals surface area contributed by atoms with Gasteiger partial charge < -0.3 is 4.98 Å². The van der Waals surface area contributed by atoms with E-state index in [-0.39, 0.29) is 5.82 Å². The number of pyridine rings is 2. The molecular weight excluding hydrogens is 425 g/mol. The largest absolute Gasteiger partial charge is 0.352 e. The summed E-state index contributed by atoms with van der Waals surface area (Å²) in [6.07, 6.45) is 9.68. The van der Waals surface area contributed by atoms with Gasteiger partial charge in [-0.05, 0) is 66.8 Å². The SMILES string of the molecule is C=C1CC=C(C)C(c2ccc3[nH]nc(-c4cc5c(-c6cccc(F)c6)cncc5[nH]4)c3n2)=CC1. The lowest BCUT2D eigenvalue weighted by Gasteiger charge is -2.07. The van der Waals surface area contributed by atoms with Gasteiger partial charge >= 0.3 is 0 Å². The van der Waals surface area contributed by atoms with E-state index in [0.29, 0.717) is 0 Å². The van der Waals surface area contributed by atoms with Gasteiger partial charge in [-0.1, -0.05) is 36.4 Å². The van der Waals surface area contributed by atoms with Crippen LogP contribution in [0.5, 0.6) is 0 Å². The number of allylic oxidation sites excluding steroid dienone is 5. The van der Waals surface area contributed by atoms with Crippen LogP contribution in [0.1, 0.15) is 25.5 Å². The van der Waals surface area contributed by atoms with Gasteiger partial charge in [0.25, 0.3) is 0 Å². The Morgan fingerprint density at radius 3 is 2.76 bits per heavy atom. The highest BCUT2D eigenvalue weighted by Gasteiger charge is 2.17. The average Bonchev–Trinajstić information content (AvgIpc) is 3.42. The van der Waals surface area contributed by atoms with Crippen molar-refractivity contribution >= 4 is 27.5 Å². The molecule has 5 nitrogen and oxygen atoms in total. The lowest BCUT2D eigenvalue weighted by molar-refractivity contribution is 0.628. The summed E-state index contributed by atoms with van der Waals surface area (Å²) in [5, 5.41) is 8.62. The van der Waals surface area contributed by atoms with Gasteiger partial charge in [0.1, 0.15) is 17.0 Å². The molecule has 2 N–H and O–H groups in total. The number of benzene rings is 1. The third-order valence-corrected chi connectivity index (χ3v) is 6.34. The van der Waals surface area contributed by atoms with Gasteiger partial charge in [-0.25, -0.2) is 9.37 Å². The number of nitrogens with zero attached hydrogens (tertiary/aromatic N) is 3. The second-order valence-electron chi connectivity index (χ2n) is 8.67. The van der Waals surface area contributed by atoms with Gasteiger partial charge in [0.15, 0.2) is 0 Å². The van der Waals surface area contributed by atoms with Crippen LogP contribution in [0.4, 0.5) is 4.39 Å². The van der Waals surface area contributed by atoms with E-state index in [1.165, 1.54) is 23.3 Å². The first kappa shape index (κ1) is 20.3. The van der Waals surface area contributed by atoms with Crippen LogP contribution in [-0.4, -0.2) is 25.1 Å². The van der Waals surface area contributed by atoms with Crippen molar-refractivity contribution in [2.75, 3.05) is 0 Å². The first-order valence-corrected chi connectivity index (χ1v) is 11.2. The molecule has 0 bridgehead atoms. The molecule has 6 heteroatoms. The van der Waals surface area contributed by atoms with E-state index in [4.69, 9.17) is 4.98 Å². The van der Waals surface area contributed by atoms with Crippen molar-refractivity contribution in [3.8, 4) is 22.5 Å². The number of nitrogens with one attached hydrogen (secondary N) is 2. The molecule has 34 heavy (non-hydrogen) atoms. The van der Waals surface area contributed by atoms with Crippen molar-refractivity contribution < 1.29 is 4.39 Å². The molecule has 0 atom stereocenters. The van der Waals surface area contributed by atoms with Gasteiger partial charge in [-0.3, -0.25) is 10.1 Å². The molecular formula is C28H22FN5. The fraction of sp³-hybridized carbons (Fsp3) is 0.107. The Labute approximate surface area is 195 Å². The Morgan fingerprint density at radius 2 is 1.88 bits per heavy atom. The Bertz CT molecular complexity index is 1650. The van der Waals surface area contributed by atoms with Crippen molar-refractivity contribution in [3.63, 3.8) is 0 Å². The number of aromatic amines is 2. The van der Waals surface area contributed by atoms with E-state index in [1.54, 1.807) is 18.5 Å². The number of H-pyrrole nitrogens is 2. The van der Waals surface area contributed by atoms with Crippen LogP contribution in [0.15, 0.2) is 84.7 Å². The summed E-state index contributed by atoms with van der Waals surface area (Å²) >= 11 is 0. The minimum absolute atomic E-state index is 0.277. The van der Waals surface area contributed by atoms with E-state index in [9.17, 15) is 4.39 Å². The Morgan fingerprint density at radius 1 is 1.00 bits per heavy atom. The molecule has 6 rings (SSSR count). The summed E-state index contributed by atoms with van der Waals surface area (Å²) in [6.45, 7) is 6.25. The highest BCUT2D eigenvalue weighted by molar-refractivity contribution is 6.00. The molecule has 1 aromatic carbocycles. The molecule has 166 valence electrons. The number of rotatable bonds is 3. The van der Waals surface area contributed by atoms with Gasteiger partial charge in [0.05, 0.1) is 28.6 Å². The zero-order chi connectivity index (χ0) is 23.2. The van der Waals surface area contributed by atoms with E-state index < -0.39 is 0 Å². The smallest absolute Gasteiger partial charge is 0.135 e. The molecule has 0 saturated carbocycles. The molecule has 0 aliphatic heterocycles. The normalized spacial score (nSPS) is 14.4. The second-order valence-corrected chi connectivity index (χ2v) is 8.67. The number of aromatic nitrogens is 5. The average molecular weight is 448 g/mol. The molecule has 0 fully saturated rings. The molecule has 0 radical (unpaired) electrons. The maximum Gasteiger partial charge on any atom is 0.135 e. The molecule has 5 aromatic rings. The summed E-state index contributed by atoms with van der Waals surface area (Å²) in [6, 6.07) is 12.6. The summed E-state index contributed by atoms with van der Waals surface area (Å²) in [4.78, 5) is 12.8. The van der Waals surface area contributed by atoms with E-state index in [2.05, 4.69) is 45.8 Å². The quantitative estimate of drug-likeness (QED) is 0.293. The van der Waals surface area contributed by atoms with E-state index in [0.717, 1.165) is 68.6 Å². The van der Waals surface area contributed by atoms with Gasteiger partial charge in [0.2, 0.25) is 0 Å². The minimum atomic E-state index is -0.277. The zero-order valence-electron chi connectivity index (χ0n) is 18.7. The molecule has 0 saturated heterocycles. The molecule has 0 spiro atoms. The predicted molar refractivity (Wildman–Crippen MR) is 134 cm³/mol. The zero-order valence-corrected chi connectivity index (χ0v) is 18.7. The molecule has 1 aliphatic rings. The van der Waals surface area contributed by atoms with Gasteiger partial charge in [0, 0.05) is 17.1 Å². The Balaban J connectivity index is 1.48. The summed E-state index contributed by atoms with van der Waals surface area (Å²) in [5.74, 6) is -0.277. The fourth-order valence-electron chi connectivity index (χ4n) is 4.51. The van der Waals surface area contributed by atoms with Crippen LogP contribution in [-0.2, 0) is 0 Å². The molecule has 0 unspecified atom stereocenters. The summed E-state index contributed by atoms with van der Waals surface area (Å²) in [7, 11) is 0. The number of halogens is 1. The van der Waals surface area contributed by atoms with Crippen molar-refractivity contribution in [2.45, 2.75) is 19.8 Å². The second kappa shape index (κ2) is 7.92. The van der Waals surface area contributed by atoms with Crippen LogP contribution < -0.4 is 0 Å². The number of hydrogen-bond acceptors (Lipinski definition) is 3. The maximum absolute atomic E-state index is 13.9. The van der Waals surface area contributed by atoms with Crippen molar-refractivity contribution in [3.05, 3.63) is 96.2 Å². The number of hydrogen-bond donors (Lipinski definition) is 2. The summed E-state index contributed by atoms with van der Waals surface area (Å²) < 4.78 is 13.9. The van der Waals surface area contributed by atoms with Crippen LogP contribution in [0.3, 0.4) is 0 Å². The number of fused-ring (bicyclic) bond motifs is 2. The third-order valence-electron chi connectivity index (χ3n) is 6.34. The lowest BCUT2D eigenvalue weighted by Crippen LogP contribution is -1.92. The van der Waals surface area contributed by atoms with E-state index in [1.807, 2.05) is 24.3 Å². The first-order chi connectivity index (χ1) is 16.6. The Kier molecular flexibility index (Phi) is 4.73. The van der Waals surface area contributed by atoms with Crippen molar-refractivity contribution in [2.24, 2.45) is 0 Å². The molecule has 4 aromatic heterocycles. The third kappa shape index (κ3) is 3.44. The molecule has 0 amide bonds. The van der Waals surface area contributed by atoms with Gasteiger partial charge in [-0.15, -0.1) is 0 Å². The van der Waals surface area contributed by atoms with Crippen molar-refractivity contribution in [1.29, 1.82) is 0 Å². The Hall–Kier alpha value is -4.32. The highest BCUT2D eigenvalue weighted by Crippen LogP contribution is 2.34. The van der Waals surface area contributed by atoms with Gasteiger partial charge in [-0.2, -0.15) is 5.10 Å². The van der Waals surface area contributed by atoms with E-state index >= 15 is 0 Å². The van der Waals surface area contributed by atoms with Crippen molar-refractivity contribution in [1.82, 2.24) is 25.1 Å². The topological polar surface area (TPSA) is 70.2 Å². The fourth-order valence-corrected chi connectivity index (χ4v) is 4.51. The summed E-state index contributed by atoms with van der Waals surface area (Å²) in [5.41, 5.74) is 10.1. The minimum Gasteiger partial charge on any atom is -0.352 e. The highest BCUT2D eigenvalue weighted by atomic mass is 19.1. The predicted octanol–water partition coefficient (Wildman–Crippen LogP) is 6.99. The molecule has 4 heterocycles. The first-order valence-electron chi connectivity index (χ1n) is 11.2. The monoisotopic (exact) mass is 447 g/mol. The standard InChI is InChI=1S/C28H22FN5/c1-16-6-8-17(2)20(9-7-16)23-10-11-24-27(32-23)28(34-33-24)25-13-21-22(14-30-15-26(21)31-25)18-4-3-5-19(29)12-18/h3-5,8-15,31H,1,6-7H2,2H3,(H,33,34). The lowest BCUT2D eigenvalue weighted by atomic mass is 10.0. The van der Waals surface area contributed by atoms with Crippen LogP contribution >= 0.6 is 0 Å². The van der Waals surface area contributed by atoms with Crippen LogP contribution in [0.25, 0.3) is 50.0 Å². The molecule has 1 aliphatic carbocycles.